The number of likely N-dealkylation sites (tertiary alicyclic amines) is 1. The van der Waals surface area contributed by atoms with E-state index in [9.17, 15) is 9.59 Å². The van der Waals surface area contributed by atoms with E-state index in [0.717, 1.165) is 31.6 Å². The van der Waals surface area contributed by atoms with Crippen LogP contribution in [0.2, 0.25) is 5.02 Å². The first-order chi connectivity index (χ1) is 17.9. The third-order valence-corrected chi connectivity index (χ3v) is 8.20. The van der Waals surface area contributed by atoms with Crippen molar-refractivity contribution in [2.24, 2.45) is 5.92 Å². The lowest BCUT2D eigenvalue weighted by Crippen LogP contribution is -2.72. The normalized spacial score (nSPS) is 20.0. The fourth-order valence-corrected chi connectivity index (χ4v) is 6.07. The molecule has 0 saturated carbocycles. The summed E-state index contributed by atoms with van der Waals surface area (Å²) in [5.41, 5.74) is 1.61. The molecule has 1 spiro atoms. The minimum absolute atomic E-state index is 0.0142. The lowest BCUT2D eigenvalue weighted by molar-refractivity contribution is -0.162. The second kappa shape index (κ2) is 12.9. The minimum Gasteiger partial charge on any atom is -0.342 e. The van der Waals surface area contributed by atoms with Gasteiger partial charge in [0.1, 0.15) is 11.6 Å². The molecule has 2 fully saturated rings. The molecule has 0 aromatic heterocycles. The highest BCUT2D eigenvalue weighted by Gasteiger charge is 2.53. The fraction of sp³-hybridized carbons (Fsp3) is 0.548. The van der Waals surface area contributed by atoms with Gasteiger partial charge in [-0.2, -0.15) is 0 Å². The predicted octanol–water partition coefficient (Wildman–Crippen LogP) is 5.85. The predicted molar refractivity (Wildman–Crippen MR) is 150 cm³/mol. The van der Waals surface area contributed by atoms with Crippen LogP contribution in [0.1, 0.15) is 69.9 Å². The second-order valence-electron chi connectivity index (χ2n) is 11.2. The maximum atomic E-state index is 13.7. The molecule has 2 saturated heterocycles. The number of carbonyl (C=O) groups excluding carboxylic acids is 2. The van der Waals surface area contributed by atoms with E-state index in [1.54, 1.807) is 0 Å². The number of piperazine rings is 1. The molecule has 2 aliphatic heterocycles. The summed E-state index contributed by atoms with van der Waals surface area (Å²) in [6.07, 6.45) is 8.03. The fourth-order valence-electron chi connectivity index (χ4n) is 5.86. The van der Waals surface area contributed by atoms with Crippen molar-refractivity contribution in [1.29, 1.82) is 0 Å². The smallest absolute Gasteiger partial charge is 0.246 e. The number of hydrogen-bond donors (Lipinski definition) is 1. The molecule has 2 aliphatic rings. The van der Waals surface area contributed by atoms with Gasteiger partial charge in [-0.05, 0) is 74.2 Å². The second-order valence-corrected chi connectivity index (χ2v) is 11.7. The van der Waals surface area contributed by atoms with Crippen molar-refractivity contribution in [2.75, 3.05) is 19.6 Å². The van der Waals surface area contributed by atoms with Crippen molar-refractivity contribution in [3.8, 4) is 0 Å². The molecular formula is C31H42ClN3O2. The Labute approximate surface area is 227 Å². The summed E-state index contributed by atoms with van der Waals surface area (Å²) in [7, 11) is 0. The number of amides is 2. The lowest BCUT2D eigenvalue weighted by atomic mass is 9.80. The van der Waals surface area contributed by atoms with Crippen LogP contribution in [-0.4, -0.2) is 52.8 Å². The third-order valence-electron chi connectivity index (χ3n) is 7.96. The maximum absolute atomic E-state index is 13.7. The number of aryl methyl sites for hydroxylation is 1. The molecule has 2 heterocycles. The highest BCUT2D eigenvalue weighted by Crippen LogP contribution is 2.35. The van der Waals surface area contributed by atoms with Crippen LogP contribution < -0.4 is 5.32 Å². The summed E-state index contributed by atoms with van der Waals surface area (Å²) in [6.45, 7) is 7.33. The van der Waals surface area contributed by atoms with Crippen LogP contribution >= 0.6 is 11.6 Å². The Balaban J connectivity index is 1.33. The average molecular weight is 524 g/mol. The summed E-state index contributed by atoms with van der Waals surface area (Å²) in [5.74, 6) is 0.381. The summed E-state index contributed by atoms with van der Waals surface area (Å²) in [4.78, 5) is 31.6. The largest absolute Gasteiger partial charge is 0.342 e. The van der Waals surface area contributed by atoms with Crippen molar-refractivity contribution in [3.05, 3.63) is 70.7 Å². The number of piperidine rings is 1. The quantitative estimate of drug-likeness (QED) is 0.376. The van der Waals surface area contributed by atoms with E-state index in [0.29, 0.717) is 36.7 Å². The van der Waals surface area contributed by atoms with Gasteiger partial charge in [-0.15, -0.1) is 0 Å². The number of nitrogens with zero attached hydrogens (tertiary/aromatic N) is 2. The number of benzene rings is 2. The summed E-state index contributed by atoms with van der Waals surface area (Å²) in [6, 6.07) is 17.9. The van der Waals surface area contributed by atoms with Gasteiger partial charge in [-0.1, -0.05) is 80.8 Å². The molecule has 1 N–H and O–H groups in total. The number of rotatable bonds is 11. The van der Waals surface area contributed by atoms with E-state index in [-0.39, 0.29) is 11.8 Å². The monoisotopic (exact) mass is 523 g/mol. The molecule has 200 valence electrons. The molecule has 37 heavy (non-hydrogen) atoms. The van der Waals surface area contributed by atoms with Gasteiger partial charge in [-0.3, -0.25) is 9.59 Å². The molecule has 1 atom stereocenters. The Morgan fingerprint density at radius 3 is 2.35 bits per heavy atom. The SMILES string of the molecule is CC(C)C[C@@H]1NC(=O)C2(CCN(CCCCCCc3ccccc3)CC2)N(Cc2cccc(Cl)c2)C1=O. The summed E-state index contributed by atoms with van der Waals surface area (Å²) >= 11 is 6.24. The molecule has 0 radical (unpaired) electrons. The maximum Gasteiger partial charge on any atom is 0.246 e. The van der Waals surface area contributed by atoms with Crippen molar-refractivity contribution < 1.29 is 9.59 Å². The van der Waals surface area contributed by atoms with E-state index in [4.69, 9.17) is 11.6 Å². The van der Waals surface area contributed by atoms with Crippen LogP contribution in [0.5, 0.6) is 0 Å². The topological polar surface area (TPSA) is 52.7 Å². The Morgan fingerprint density at radius 1 is 0.946 bits per heavy atom. The molecule has 4 rings (SSSR count). The first kappa shape index (κ1) is 27.7. The number of nitrogens with one attached hydrogen (secondary N) is 1. The molecule has 0 unspecified atom stereocenters. The number of hydrogen-bond acceptors (Lipinski definition) is 3. The summed E-state index contributed by atoms with van der Waals surface area (Å²) in [5, 5.41) is 3.76. The van der Waals surface area contributed by atoms with Gasteiger partial charge < -0.3 is 15.1 Å². The van der Waals surface area contributed by atoms with Gasteiger partial charge in [0, 0.05) is 24.7 Å². The van der Waals surface area contributed by atoms with Crippen LogP contribution in [-0.2, 0) is 22.6 Å². The van der Waals surface area contributed by atoms with Crippen LogP contribution in [0.3, 0.4) is 0 Å². The van der Waals surface area contributed by atoms with Crippen LogP contribution in [0.15, 0.2) is 54.6 Å². The third kappa shape index (κ3) is 7.14. The van der Waals surface area contributed by atoms with Gasteiger partial charge in [0.05, 0.1) is 0 Å². The van der Waals surface area contributed by atoms with Crippen LogP contribution in [0, 0.1) is 5.92 Å². The molecule has 2 aromatic rings. The zero-order chi connectivity index (χ0) is 26.3. The standard InChI is InChI=1S/C31H42ClN3O2/c1-24(2)21-28-29(36)35(23-26-14-10-15-27(32)22-26)31(30(37)33-28)16-19-34(20-17-31)18-9-4-3-6-11-25-12-7-5-8-13-25/h5,7-8,10,12-15,22,24,28H,3-4,6,9,11,16-21,23H2,1-2H3,(H,33,37)/t28-/m0/s1. The highest BCUT2D eigenvalue weighted by atomic mass is 35.5. The molecule has 0 bridgehead atoms. The van der Waals surface area contributed by atoms with Gasteiger partial charge in [-0.25, -0.2) is 0 Å². The van der Waals surface area contributed by atoms with Gasteiger partial charge in [0.15, 0.2) is 0 Å². The van der Waals surface area contributed by atoms with Crippen LogP contribution in [0.4, 0.5) is 0 Å². The van der Waals surface area contributed by atoms with Gasteiger partial charge >= 0.3 is 0 Å². The van der Waals surface area contributed by atoms with E-state index < -0.39 is 11.6 Å². The van der Waals surface area contributed by atoms with E-state index in [1.807, 2.05) is 29.2 Å². The molecule has 6 heteroatoms. The zero-order valence-electron chi connectivity index (χ0n) is 22.4. The van der Waals surface area contributed by atoms with Crippen molar-refractivity contribution in [3.63, 3.8) is 0 Å². The van der Waals surface area contributed by atoms with Gasteiger partial charge in [0.2, 0.25) is 11.8 Å². The van der Waals surface area contributed by atoms with Crippen molar-refractivity contribution in [2.45, 2.75) is 83.3 Å². The molecule has 2 aromatic carbocycles. The molecule has 0 aliphatic carbocycles. The minimum atomic E-state index is -0.779. The number of carbonyl (C=O) groups is 2. The van der Waals surface area contributed by atoms with Crippen molar-refractivity contribution >= 4 is 23.4 Å². The van der Waals surface area contributed by atoms with Crippen molar-refractivity contribution in [1.82, 2.24) is 15.1 Å². The molecule has 2 amide bonds. The van der Waals surface area contributed by atoms with Crippen LogP contribution in [0.25, 0.3) is 0 Å². The Hall–Kier alpha value is -2.37. The first-order valence-electron chi connectivity index (χ1n) is 14.0. The Kier molecular flexibility index (Phi) is 9.66. The Morgan fingerprint density at radius 2 is 1.65 bits per heavy atom. The average Bonchev–Trinajstić information content (AvgIpc) is 2.88. The molecule has 5 nitrogen and oxygen atoms in total. The first-order valence-corrected chi connectivity index (χ1v) is 14.4. The molecular weight excluding hydrogens is 482 g/mol. The van der Waals surface area contributed by atoms with E-state index in [2.05, 4.69) is 54.4 Å². The van der Waals surface area contributed by atoms with E-state index >= 15 is 0 Å². The highest BCUT2D eigenvalue weighted by molar-refractivity contribution is 6.30. The van der Waals surface area contributed by atoms with Gasteiger partial charge in [0.25, 0.3) is 0 Å². The zero-order valence-corrected chi connectivity index (χ0v) is 23.2. The number of unbranched alkanes of at least 4 members (excludes halogenated alkanes) is 3. The lowest BCUT2D eigenvalue weighted by Gasteiger charge is -2.52. The Bertz CT molecular complexity index is 1030. The summed E-state index contributed by atoms with van der Waals surface area (Å²) < 4.78 is 0. The number of halogens is 1. The van der Waals surface area contributed by atoms with E-state index in [1.165, 1.54) is 31.2 Å².